The van der Waals surface area contributed by atoms with Gasteiger partial charge in [0.25, 0.3) is 5.91 Å². The van der Waals surface area contributed by atoms with Crippen LogP contribution < -0.4 is 23.8 Å². The molecule has 5 heterocycles. The van der Waals surface area contributed by atoms with Gasteiger partial charge in [-0.15, -0.1) is 0 Å². The van der Waals surface area contributed by atoms with Crippen LogP contribution in [0.3, 0.4) is 0 Å². The molecule has 9 rings (SSSR count). The number of hydrogen-bond donors (Lipinski definition) is 2. The number of piperazine rings is 1. The lowest BCUT2D eigenvalue weighted by Gasteiger charge is -2.39. The van der Waals surface area contributed by atoms with E-state index in [1.54, 1.807) is 18.3 Å². The molecule has 1 amide bonds. The first-order chi connectivity index (χ1) is 30.0. The molecular weight excluding hydrogens is 830 g/mol. The molecule has 14 nitrogen and oxygen atoms in total. The van der Waals surface area contributed by atoms with E-state index in [0.29, 0.717) is 41.7 Å². The van der Waals surface area contributed by atoms with E-state index in [4.69, 9.17) is 30.5 Å². The Hall–Kier alpha value is -5.32. The molecule has 1 aliphatic carbocycles. The molecule has 62 heavy (non-hydrogen) atoms. The quantitative estimate of drug-likeness (QED) is 0.0703. The standard InChI is InChI=1S/C46H50ClN7O7S/c1-46(2)11-9-32(39(25-46)30-3-5-33(47)6-4-30)27-51-13-15-53(16-14-51)34-7-8-38(41(22-34)60-35-21-31-10-12-48-44(31)49-26-35)45(55)50-62-37-23-40(54(56)57)43-42(24-37)59-29-36(61-43)28-52-17-19-58-20-18-52/h3-8,10,12,21-24,26,36H,9,11,13-20,25,27-29H2,1-2H3,(H,48,49)(H,50,55)/t36-/m0/s1. The average Bonchev–Trinajstić information content (AvgIpc) is 3.75. The average molecular weight is 880 g/mol. The molecule has 0 saturated carbocycles. The number of ether oxygens (including phenoxy) is 4. The Kier molecular flexibility index (Phi) is 12.3. The molecule has 3 aliphatic heterocycles. The predicted octanol–water partition coefficient (Wildman–Crippen LogP) is 8.61. The number of rotatable bonds is 12. The molecule has 2 fully saturated rings. The van der Waals surface area contributed by atoms with Crippen molar-refractivity contribution in [3.63, 3.8) is 0 Å². The summed E-state index contributed by atoms with van der Waals surface area (Å²) in [4.78, 5) is 40.8. The number of H-pyrrole nitrogens is 1. The Balaban J connectivity index is 0.904. The number of nitrogens with one attached hydrogen (secondary N) is 2. The van der Waals surface area contributed by atoms with Crippen molar-refractivity contribution in [3.8, 4) is 23.0 Å². The molecule has 1 atom stereocenters. The van der Waals surface area contributed by atoms with Crippen LogP contribution in [0.15, 0.2) is 89.6 Å². The molecule has 0 unspecified atom stereocenters. The van der Waals surface area contributed by atoms with Gasteiger partial charge in [-0.2, -0.15) is 0 Å². The highest BCUT2D eigenvalue weighted by molar-refractivity contribution is 7.98. The number of halogens is 1. The Labute approximate surface area is 369 Å². The van der Waals surface area contributed by atoms with Crippen LogP contribution in [0.1, 0.15) is 49.0 Å². The van der Waals surface area contributed by atoms with E-state index in [9.17, 15) is 14.9 Å². The maximum absolute atomic E-state index is 14.0. The number of nitrogens with zero attached hydrogens (tertiary/aromatic N) is 5. The first-order valence-electron chi connectivity index (χ1n) is 21.1. The molecule has 5 aromatic rings. The van der Waals surface area contributed by atoms with E-state index in [1.165, 1.54) is 29.2 Å². The molecule has 324 valence electrons. The number of amides is 1. The van der Waals surface area contributed by atoms with Crippen LogP contribution in [0.2, 0.25) is 5.02 Å². The topological polar surface area (TPSA) is 148 Å². The number of nitro groups is 1. The summed E-state index contributed by atoms with van der Waals surface area (Å²) in [6.07, 6.45) is 6.37. The summed E-state index contributed by atoms with van der Waals surface area (Å²) in [5.74, 6) is 0.766. The fourth-order valence-electron chi connectivity index (χ4n) is 8.67. The summed E-state index contributed by atoms with van der Waals surface area (Å²) >= 11 is 7.22. The molecule has 16 heteroatoms. The van der Waals surface area contributed by atoms with E-state index in [2.05, 4.69) is 55.4 Å². The Morgan fingerprint density at radius 1 is 1.03 bits per heavy atom. The number of carbonyl (C=O) groups excluding carboxylic acids is 1. The lowest BCUT2D eigenvalue weighted by molar-refractivity contribution is -0.386. The fourth-order valence-corrected chi connectivity index (χ4v) is 9.45. The summed E-state index contributed by atoms with van der Waals surface area (Å²) in [6, 6.07) is 20.7. The fraction of sp³-hybridized carbons (Fsp3) is 0.391. The van der Waals surface area contributed by atoms with E-state index in [-0.39, 0.29) is 35.3 Å². The van der Waals surface area contributed by atoms with Crippen molar-refractivity contribution in [1.82, 2.24) is 24.5 Å². The summed E-state index contributed by atoms with van der Waals surface area (Å²) in [7, 11) is 0. The van der Waals surface area contributed by atoms with Gasteiger partial charge in [-0.25, -0.2) is 4.98 Å². The van der Waals surface area contributed by atoms with Crippen molar-refractivity contribution in [2.24, 2.45) is 5.41 Å². The summed E-state index contributed by atoms with van der Waals surface area (Å²) in [5, 5.41) is 13.9. The summed E-state index contributed by atoms with van der Waals surface area (Å²) < 4.78 is 26.9. The smallest absolute Gasteiger partial charge is 0.316 e. The third-order valence-electron chi connectivity index (χ3n) is 12.1. The normalized spacial score (nSPS) is 19.4. The van der Waals surface area contributed by atoms with E-state index in [0.717, 1.165) is 92.3 Å². The second kappa shape index (κ2) is 18.2. The number of anilines is 1. The second-order valence-corrected chi connectivity index (χ2v) is 18.4. The molecule has 4 aliphatic rings. The van der Waals surface area contributed by atoms with E-state index in [1.807, 2.05) is 42.6 Å². The van der Waals surface area contributed by atoms with Crippen molar-refractivity contribution >= 4 is 57.4 Å². The molecule has 2 saturated heterocycles. The van der Waals surface area contributed by atoms with Crippen molar-refractivity contribution in [1.29, 1.82) is 0 Å². The Bertz CT molecular complexity index is 2480. The lowest BCUT2D eigenvalue weighted by Crippen LogP contribution is -2.47. The van der Waals surface area contributed by atoms with Crippen LogP contribution in [0, 0.1) is 15.5 Å². The predicted molar refractivity (Wildman–Crippen MR) is 241 cm³/mol. The number of nitro benzene ring substituents is 1. The highest BCUT2D eigenvalue weighted by atomic mass is 35.5. The molecule has 2 N–H and O–H groups in total. The van der Waals surface area contributed by atoms with Crippen LogP contribution in [0.5, 0.6) is 23.0 Å². The third-order valence-corrected chi connectivity index (χ3v) is 13.1. The second-order valence-electron chi connectivity index (χ2n) is 17.1. The first kappa shape index (κ1) is 42.0. The van der Waals surface area contributed by atoms with Crippen LogP contribution in [-0.4, -0.2) is 109 Å². The number of allylic oxidation sites excluding steroid dienone is 1. The van der Waals surface area contributed by atoms with Crippen LogP contribution in [-0.2, 0) is 4.74 Å². The van der Waals surface area contributed by atoms with Crippen molar-refractivity contribution in [2.75, 3.05) is 77.1 Å². The third kappa shape index (κ3) is 9.67. The highest BCUT2D eigenvalue weighted by Crippen LogP contribution is 2.45. The van der Waals surface area contributed by atoms with Gasteiger partial charge in [-0.05, 0) is 90.2 Å². The van der Waals surface area contributed by atoms with Gasteiger partial charge >= 0.3 is 5.69 Å². The van der Waals surface area contributed by atoms with Gasteiger partial charge in [-0.3, -0.25) is 29.4 Å². The van der Waals surface area contributed by atoms with Crippen LogP contribution >= 0.6 is 23.5 Å². The van der Waals surface area contributed by atoms with Gasteiger partial charge in [0, 0.05) is 91.7 Å². The van der Waals surface area contributed by atoms with Crippen molar-refractivity contribution in [2.45, 2.75) is 44.1 Å². The zero-order chi connectivity index (χ0) is 42.8. The molecule has 0 spiro atoms. The number of aromatic amines is 1. The molecular formula is C46H50ClN7O7S. The number of hydrogen-bond acceptors (Lipinski definition) is 12. The molecule has 0 bridgehead atoms. The summed E-state index contributed by atoms with van der Waals surface area (Å²) in [6.45, 7) is 12.7. The highest BCUT2D eigenvalue weighted by Gasteiger charge is 2.33. The Morgan fingerprint density at radius 3 is 2.63 bits per heavy atom. The number of morpholine rings is 1. The largest absolute Gasteiger partial charge is 0.485 e. The summed E-state index contributed by atoms with van der Waals surface area (Å²) in [5.41, 5.74) is 6.21. The van der Waals surface area contributed by atoms with Crippen molar-refractivity contribution < 1.29 is 28.7 Å². The minimum Gasteiger partial charge on any atom is -0.485 e. The number of benzene rings is 3. The maximum atomic E-state index is 14.0. The number of fused-ring (bicyclic) bond motifs is 2. The minimum atomic E-state index is -0.489. The Morgan fingerprint density at radius 2 is 1.84 bits per heavy atom. The van der Waals surface area contributed by atoms with Gasteiger partial charge < -0.3 is 28.8 Å². The number of aromatic nitrogens is 2. The number of pyridine rings is 1. The molecule has 2 aromatic heterocycles. The lowest BCUT2D eigenvalue weighted by atomic mass is 9.72. The number of carbonyl (C=O) groups is 1. The molecule has 3 aromatic carbocycles. The van der Waals surface area contributed by atoms with E-state index >= 15 is 0 Å². The van der Waals surface area contributed by atoms with Crippen molar-refractivity contribution in [3.05, 3.63) is 111 Å². The monoisotopic (exact) mass is 879 g/mol. The zero-order valence-corrected chi connectivity index (χ0v) is 36.4. The van der Waals surface area contributed by atoms with Gasteiger partial charge in [0.2, 0.25) is 5.75 Å². The van der Waals surface area contributed by atoms with Gasteiger partial charge in [0.15, 0.2) is 5.75 Å². The first-order valence-corrected chi connectivity index (χ1v) is 22.3. The van der Waals surface area contributed by atoms with Crippen LogP contribution in [0.25, 0.3) is 16.6 Å². The minimum absolute atomic E-state index is 0.0908. The van der Waals surface area contributed by atoms with E-state index < -0.39 is 10.8 Å². The van der Waals surface area contributed by atoms with Crippen LogP contribution in [0.4, 0.5) is 11.4 Å². The maximum Gasteiger partial charge on any atom is 0.316 e. The van der Waals surface area contributed by atoms with Gasteiger partial charge in [-0.1, -0.05) is 43.2 Å². The van der Waals surface area contributed by atoms with Gasteiger partial charge in [0.05, 0.1) is 29.9 Å². The van der Waals surface area contributed by atoms with Gasteiger partial charge in [0.1, 0.15) is 29.9 Å². The molecule has 0 radical (unpaired) electrons. The zero-order valence-electron chi connectivity index (χ0n) is 34.9. The SMILES string of the molecule is CC1(C)CCC(CN2CCN(c3ccc(C(=O)NSc4cc5c(c([N+](=O)[O-])c4)O[C@@H](CN4CCOCC4)CO5)c(Oc4cnc5[nH]ccc5c4)c3)CC2)=C(c2ccc(Cl)cc2)C1.